The van der Waals surface area contributed by atoms with Crippen LogP contribution in [0.1, 0.15) is 20.8 Å². The van der Waals surface area contributed by atoms with Crippen LogP contribution < -0.4 is 10.6 Å². The summed E-state index contributed by atoms with van der Waals surface area (Å²) in [6.07, 6.45) is 0. The van der Waals surface area contributed by atoms with Gasteiger partial charge in [-0.3, -0.25) is 0 Å². The maximum Gasteiger partial charge on any atom is 0.0801 e. The van der Waals surface area contributed by atoms with Gasteiger partial charge in [0, 0.05) is 6.04 Å². The van der Waals surface area contributed by atoms with Crippen LogP contribution in [0.4, 0.5) is 0 Å². The first-order chi connectivity index (χ1) is 4.74. The Kier molecular flexibility index (Phi) is 3.01. The first-order valence-corrected chi connectivity index (χ1v) is 4.83. The van der Waals surface area contributed by atoms with Crippen LogP contribution in [-0.2, 0) is 0 Å². The Morgan fingerprint density at radius 3 is 2.60 bits per heavy atom. The highest BCUT2D eigenvalue weighted by atomic mass is 32.2. The second-order valence-corrected chi connectivity index (χ2v) is 4.14. The summed E-state index contributed by atoms with van der Waals surface area (Å²) in [5.41, 5.74) is 0. The number of hydrogen-bond acceptors (Lipinski definition) is 3. The van der Waals surface area contributed by atoms with E-state index in [1.165, 1.54) is 0 Å². The SMILES string of the molecule is CCNC1SC1NC(C)C. The number of likely N-dealkylation sites (N-methyl/N-ethyl adjacent to an activating group) is 1. The number of rotatable bonds is 4. The van der Waals surface area contributed by atoms with E-state index in [0.29, 0.717) is 16.8 Å². The van der Waals surface area contributed by atoms with Crippen molar-refractivity contribution in [1.29, 1.82) is 0 Å². The van der Waals surface area contributed by atoms with Crippen LogP contribution in [0, 0.1) is 0 Å². The van der Waals surface area contributed by atoms with Crippen molar-refractivity contribution < 1.29 is 0 Å². The minimum absolute atomic E-state index is 0.612. The fraction of sp³-hybridized carbons (Fsp3) is 1.00. The molecule has 0 spiro atoms. The predicted molar refractivity (Wildman–Crippen MR) is 47.1 cm³/mol. The minimum Gasteiger partial charge on any atom is -0.304 e. The van der Waals surface area contributed by atoms with Crippen molar-refractivity contribution in [3.8, 4) is 0 Å². The fourth-order valence-electron chi connectivity index (χ4n) is 0.924. The zero-order valence-corrected chi connectivity index (χ0v) is 7.66. The van der Waals surface area contributed by atoms with E-state index in [-0.39, 0.29) is 0 Å². The van der Waals surface area contributed by atoms with Gasteiger partial charge >= 0.3 is 0 Å². The zero-order chi connectivity index (χ0) is 7.56. The first-order valence-electron chi connectivity index (χ1n) is 3.89. The quantitative estimate of drug-likeness (QED) is 0.600. The van der Waals surface area contributed by atoms with Crippen molar-refractivity contribution in [3.05, 3.63) is 0 Å². The van der Waals surface area contributed by atoms with Gasteiger partial charge in [-0.05, 0) is 20.4 Å². The van der Waals surface area contributed by atoms with Crippen LogP contribution in [0.5, 0.6) is 0 Å². The molecule has 0 aliphatic carbocycles. The third-order valence-electron chi connectivity index (χ3n) is 1.39. The Labute approximate surface area is 67.1 Å². The maximum atomic E-state index is 3.45. The summed E-state index contributed by atoms with van der Waals surface area (Å²) < 4.78 is 0. The van der Waals surface area contributed by atoms with E-state index in [2.05, 4.69) is 31.4 Å². The molecule has 1 rings (SSSR count). The molecular weight excluding hydrogens is 144 g/mol. The fourth-order valence-corrected chi connectivity index (χ4v) is 1.94. The third kappa shape index (κ3) is 2.48. The highest BCUT2D eigenvalue weighted by Gasteiger charge is 2.37. The van der Waals surface area contributed by atoms with Crippen LogP contribution in [0.2, 0.25) is 0 Å². The lowest BCUT2D eigenvalue weighted by Crippen LogP contribution is -2.31. The molecule has 0 bridgehead atoms. The Morgan fingerprint density at radius 1 is 1.40 bits per heavy atom. The molecule has 0 aromatic rings. The molecule has 0 amide bonds. The minimum atomic E-state index is 0.612. The van der Waals surface area contributed by atoms with Crippen molar-refractivity contribution in [2.24, 2.45) is 0 Å². The van der Waals surface area contributed by atoms with E-state index in [1.807, 2.05) is 11.8 Å². The van der Waals surface area contributed by atoms with Crippen molar-refractivity contribution in [2.75, 3.05) is 6.54 Å². The lowest BCUT2D eigenvalue weighted by atomic mass is 10.4. The van der Waals surface area contributed by atoms with Crippen molar-refractivity contribution in [3.63, 3.8) is 0 Å². The van der Waals surface area contributed by atoms with Crippen LogP contribution in [0.3, 0.4) is 0 Å². The van der Waals surface area contributed by atoms with Crippen LogP contribution >= 0.6 is 11.8 Å². The zero-order valence-electron chi connectivity index (χ0n) is 6.85. The van der Waals surface area contributed by atoms with E-state index >= 15 is 0 Å². The van der Waals surface area contributed by atoms with Crippen molar-refractivity contribution >= 4 is 11.8 Å². The van der Waals surface area contributed by atoms with Crippen molar-refractivity contribution in [1.82, 2.24) is 10.6 Å². The van der Waals surface area contributed by atoms with E-state index < -0.39 is 0 Å². The Bertz CT molecular complexity index is 106. The predicted octanol–water partition coefficient (Wildman–Crippen LogP) is 0.993. The van der Waals surface area contributed by atoms with Crippen LogP contribution in [-0.4, -0.2) is 23.3 Å². The summed E-state index contributed by atoms with van der Waals surface area (Å²) >= 11 is 1.97. The normalized spacial score (nSPS) is 31.2. The molecule has 2 atom stereocenters. The molecule has 2 unspecified atom stereocenters. The molecule has 1 aliphatic rings. The van der Waals surface area contributed by atoms with Gasteiger partial charge in [-0.1, -0.05) is 6.92 Å². The topological polar surface area (TPSA) is 24.1 Å². The van der Waals surface area contributed by atoms with E-state index in [4.69, 9.17) is 0 Å². The summed E-state index contributed by atoms with van der Waals surface area (Å²) in [5.74, 6) is 0. The summed E-state index contributed by atoms with van der Waals surface area (Å²) in [6.45, 7) is 7.59. The average Bonchev–Trinajstić information content (AvgIpc) is 2.47. The molecule has 0 radical (unpaired) electrons. The molecule has 1 fully saturated rings. The van der Waals surface area contributed by atoms with Gasteiger partial charge in [-0.25, -0.2) is 0 Å². The summed E-state index contributed by atoms with van der Waals surface area (Å²) in [7, 11) is 0. The summed E-state index contributed by atoms with van der Waals surface area (Å²) in [6, 6.07) is 0.612. The molecule has 1 aliphatic heterocycles. The van der Waals surface area contributed by atoms with Gasteiger partial charge < -0.3 is 10.6 Å². The second kappa shape index (κ2) is 3.60. The number of nitrogens with one attached hydrogen (secondary N) is 2. The Morgan fingerprint density at radius 2 is 2.10 bits per heavy atom. The van der Waals surface area contributed by atoms with Gasteiger partial charge in [-0.15, -0.1) is 11.8 Å². The summed E-state index contributed by atoms with van der Waals surface area (Å²) in [5, 5.41) is 8.17. The maximum absolute atomic E-state index is 3.45. The molecule has 3 heteroatoms. The number of thioether (sulfide) groups is 1. The molecule has 0 aromatic carbocycles. The van der Waals surface area contributed by atoms with Gasteiger partial charge in [0.05, 0.1) is 10.7 Å². The Hall–Kier alpha value is 0.270. The van der Waals surface area contributed by atoms with Gasteiger partial charge in [0.1, 0.15) is 0 Å². The third-order valence-corrected chi connectivity index (χ3v) is 2.51. The molecule has 1 saturated heterocycles. The van der Waals surface area contributed by atoms with E-state index in [1.54, 1.807) is 0 Å². The lowest BCUT2D eigenvalue weighted by molar-refractivity contribution is 0.556. The lowest BCUT2D eigenvalue weighted by Gasteiger charge is -2.04. The monoisotopic (exact) mass is 160 g/mol. The summed E-state index contributed by atoms with van der Waals surface area (Å²) in [4.78, 5) is 0. The standard InChI is InChI=1S/C7H16N2S/c1-4-8-6-7(10-6)9-5(2)3/h5-9H,4H2,1-3H3. The molecule has 0 saturated carbocycles. The molecule has 0 aromatic heterocycles. The van der Waals surface area contributed by atoms with Crippen molar-refractivity contribution in [2.45, 2.75) is 37.6 Å². The Balaban J connectivity index is 2.02. The smallest absolute Gasteiger partial charge is 0.0801 e. The molecular formula is C7H16N2S. The number of hydrogen-bond donors (Lipinski definition) is 2. The highest BCUT2D eigenvalue weighted by molar-refractivity contribution is 8.07. The molecule has 2 N–H and O–H groups in total. The molecule has 2 nitrogen and oxygen atoms in total. The van der Waals surface area contributed by atoms with Gasteiger partial charge in [0.25, 0.3) is 0 Å². The van der Waals surface area contributed by atoms with Gasteiger partial charge in [0.15, 0.2) is 0 Å². The molecule has 10 heavy (non-hydrogen) atoms. The van der Waals surface area contributed by atoms with Gasteiger partial charge in [-0.2, -0.15) is 0 Å². The largest absolute Gasteiger partial charge is 0.304 e. The van der Waals surface area contributed by atoms with Gasteiger partial charge in [0.2, 0.25) is 0 Å². The average molecular weight is 160 g/mol. The first kappa shape index (κ1) is 8.37. The van der Waals surface area contributed by atoms with Crippen LogP contribution in [0.25, 0.3) is 0 Å². The highest BCUT2D eigenvalue weighted by Crippen LogP contribution is 2.36. The van der Waals surface area contributed by atoms with E-state index in [9.17, 15) is 0 Å². The van der Waals surface area contributed by atoms with E-state index in [0.717, 1.165) is 6.54 Å². The van der Waals surface area contributed by atoms with Crippen LogP contribution in [0.15, 0.2) is 0 Å². The second-order valence-electron chi connectivity index (χ2n) is 2.86. The molecule has 60 valence electrons. The molecule has 1 heterocycles.